The van der Waals surface area contributed by atoms with Crippen molar-refractivity contribution >= 4 is 17.6 Å². The van der Waals surface area contributed by atoms with Crippen LogP contribution in [0.25, 0.3) is 0 Å². The quantitative estimate of drug-likeness (QED) is 0.848. The molecule has 1 aromatic heterocycles. The van der Waals surface area contributed by atoms with Crippen molar-refractivity contribution in [2.75, 3.05) is 17.3 Å². The van der Waals surface area contributed by atoms with Crippen LogP contribution >= 0.6 is 11.8 Å². The molecule has 0 aliphatic heterocycles. The molecular weight excluding hydrogens is 234 g/mol. The van der Waals surface area contributed by atoms with Gasteiger partial charge in [-0.3, -0.25) is 4.79 Å². The third-order valence-electron chi connectivity index (χ3n) is 2.63. The fraction of sp³-hybridized carbons (Fsp3) is 0.667. The van der Waals surface area contributed by atoms with E-state index in [1.165, 1.54) is 0 Å². The highest BCUT2D eigenvalue weighted by Gasteiger charge is 2.11. The van der Waals surface area contributed by atoms with Gasteiger partial charge in [0.15, 0.2) is 5.82 Å². The molecule has 0 spiro atoms. The first-order chi connectivity index (χ1) is 8.10. The highest BCUT2D eigenvalue weighted by molar-refractivity contribution is 7.98. The third kappa shape index (κ3) is 3.77. The Kier molecular flexibility index (Phi) is 5.55. The van der Waals surface area contributed by atoms with Crippen LogP contribution in [-0.4, -0.2) is 27.6 Å². The average Bonchev–Trinajstić information content (AvgIpc) is 2.30. The lowest BCUT2D eigenvalue weighted by molar-refractivity contribution is 0.574. The summed E-state index contributed by atoms with van der Waals surface area (Å²) in [6, 6.07) is 0.458. The fourth-order valence-electron chi connectivity index (χ4n) is 1.59. The van der Waals surface area contributed by atoms with Gasteiger partial charge in [0.25, 0.3) is 5.56 Å². The molecule has 4 nitrogen and oxygen atoms in total. The molecule has 1 aromatic rings. The monoisotopic (exact) mass is 255 g/mol. The highest BCUT2D eigenvalue weighted by atomic mass is 32.2. The zero-order valence-electron chi connectivity index (χ0n) is 10.9. The van der Waals surface area contributed by atoms with E-state index in [0.29, 0.717) is 11.9 Å². The van der Waals surface area contributed by atoms with Gasteiger partial charge < -0.3 is 9.88 Å². The zero-order valence-corrected chi connectivity index (χ0v) is 11.8. The van der Waals surface area contributed by atoms with Gasteiger partial charge in [0.05, 0.1) is 0 Å². The van der Waals surface area contributed by atoms with Crippen molar-refractivity contribution in [2.24, 2.45) is 0 Å². The molecule has 1 atom stereocenters. The predicted octanol–water partition coefficient (Wildman–Crippen LogP) is 2.38. The van der Waals surface area contributed by atoms with Crippen molar-refractivity contribution < 1.29 is 0 Å². The standard InChI is InChI=1S/C12H21N3OS/c1-5-10(8-17-4)14-11-12(16)15(9(2)3)7-6-13-11/h6-7,9-10H,5,8H2,1-4H3,(H,13,14). The Hall–Kier alpha value is -0.970. The molecule has 1 unspecified atom stereocenters. The Morgan fingerprint density at radius 2 is 2.24 bits per heavy atom. The third-order valence-corrected chi connectivity index (χ3v) is 3.36. The van der Waals surface area contributed by atoms with Gasteiger partial charge in [-0.15, -0.1) is 0 Å². The summed E-state index contributed by atoms with van der Waals surface area (Å²) in [5.74, 6) is 1.44. The molecule has 1 N–H and O–H groups in total. The van der Waals surface area contributed by atoms with Gasteiger partial charge >= 0.3 is 0 Å². The van der Waals surface area contributed by atoms with E-state index in [-0.39, 0.29) is 11.6 Å². The minimum Gasteiger partial charge on any atom is -0.362 e. The lowest BCUT2D eigenvalue weighted by Gasteiger charge is -2.17. The lowest BCUT2D eigenvalue weighted by Crippen LogP contribution is -2.30. The van der Waals surface area contributed by atoms with Crippen LogP contribution in [0.2, 0.25) is 0 Å². The smallest absolute Gasteiger partial charge is 0.293 e. The van der Waals surface area contributed by atoms with Crippen molar-refractivity contribution in [3.63, 3.8) is 0 Å². The molecule has 0 aliphatic carbocycles. The molecule has 0 radical (unpaired) electrons. The van der Waals surface area contributed by atoms with E-state index >= 15 is 0 Å². The fourth-order valence-corrected chi connectivity index (χ4v) is 2.31. The van der Waals surface area contributed by atoms with Crippen molar-refractivity contribution in [3.8, 4) is 0 Å². The maximum absolute atomic E-state index is 12.1. The normalized spacial score (nSPS) is 12.8. The molecule has 0 amide bonds. The molecule has 0 saturated heterocycles. The predicted molar refractivity (Wildman–Crippen MR) is 75.0 cm³/mol. The SMILES string of the molecule is CCC(CSC)Nc1nccn(C(C)C)c1=O. The Bertz CT molecular complexity index is 403. The van der Waals surface area contributed by atoms with Gasteiger partial charge in [-0.1, -0.05) is 6.92 Å². The number of hydrogen-bond acceptors (Lipinski definition) is 4. The molecule has 1 rings (SSSR count). The number of anilines is 1. The lowest BCUT2D eigenvalue weighted by atomic mass is 10.2. The van der Waals surface area contributed by atoms with Crippen molar-refractivity contribution in [1.29, 1.82) is 0 Å². The maximum Gasteiger partial charge on any atom is 0.293 e. The topological polar surface area (TPSA) is 46.9 Å². The second kappa shape index (κ2) is 6.69. The van der Waals surface area contributed by atoms with Gasteiger partial charge in [0.1, 0.15) is 0 Å². The summed E-state index contributed by atoms with van der Waals surface area (Å²) in [6.45, 7) is 6.09. The summed E-state index contributed by atoms with van der Waals surface area (Å²) in [5, 5.41) is 3.23. The second-order valence-corrected chi connectivity index (χ2v) is 5.20. The van der Waals surface area contributed by atoms with Crippen LogP contribution in [0.1, 0.15) is 33.2 Å². The summed E-state index contributed by atoms with van der Waals surface area (Å²) in [6.07, 6.45) is 6.46. The van der Waals surface area contributed by atoms with Crippen molar-refractivity contribution in [3.05, 3.63) is 22.7 Å². The van der Waals surface area contributed by atoms with E-state index in [0.717, 1.165) is 12.2 Å². The Balaban J connectivity index is 2.91. The number of hydrogen-bond donors (Lipinski definition) is 1. The summed E-state index contributed by atoms with van der Waals surface area (Å²) in [5.41, 5.74) is -0.0398. The van der Waals surface area contributed by atoms with Gasteiger partial charge in [-0.2, -0.15) is 11.8 Å². The van der Waals surface area contributed by atoms with Crippen LogP contribution in [0.15, 0.2) is 17.2 Å². The maximum atomic E-state index is 12.1. The minimum absolute atomic E-state index is 0.0398. The molecule has 17 heavy (non-hydrogen) atoms. The van der Waals surface area contributed by atoms with E-state index in [9.17, 15) is 4.79 Å². The first-order valence-corrected chi connectivity index (χ1v) is 7.32. The molecule has 0 fully saturated rings. The van der Waals surface area contributed by atoms with Crippen LogP contribution < -0.4 is 10.9 Å². The van der Waals surface area contributed by atoms with Crippen LogP contribution in [0.4, 0.5) is 5.82 Å². The Labute approximate surface area is 107 Å². The van der Waals surface area contributed by atoms with Crippen LogP contribution in [0.3, 0.4) is 0 Å². The second-order valence-electron chi connectivity index (χ2n) is 4.29. The zero-order chi connectivity index (χ0) is 12.8. The number of nitrogens with one attached hydrogen (secondary N) is 1. The van der Waals surface area contributed by atoms with Gasteiger partial charge in [-0.25, -0.2) is 4.98 Å². The molecule has 1 heterocycles. The average molecular weight is 255 g/mol. The molecular formula is C12H21N3OS. The molecule has 0 aromatic carbocycles. The van der Waals surface area contributed by atoms with E-state index in [1.807, 2.05) is 13.8 Å². The van der Waals surface area contributed by atoms with E-state index in [2.05, 4.69) is 23.5 Å². The summed E-state index contributed by atoms with van der Waals surface area (Å²) in [7, 11) is 0. The van der Waals surface area contributed by atoms with Gasteiger partial charge in [-0.05, 0) is 26.5 Å². The number of aromatic nitrogens is 2. The van der Waals surface area contributed by atoms with E-state index < -0.39 is 0 Å². The number of thioether (sulfide) groups is 1. The van der Waals surface area contributed by atoms with Gasteiger partial charge in [0.2, 0.25) is 0 Å². The largest absolute Gasteiger partial charge is 0.362 e. The highest BCUT2D eigenvalue weighted by Crippen LogP contribution is 2.07. The molecule has 0 bridgehead atoms. The summed E-state index contributed by atoms with van der Waals surface area (Å²) >= 11 is 1.77. The Morgan fingerprint density at radius 1 is 1.53 bits per heavy atom. The van der Waals surface area contributed by atoms with Crippen LogP contribution in [-0.2, 0) is 0 Å². The summed E-state index contributed by atoms with van der Waals surface area (Å²) in [4.78, 5) is 16.2. The molecule has 5 heteroatoms. The summed E-state index contributed by atoms with van der Waals surface area (Å²) < 4.78 is 1.70. The first-order valence-electron chi connectivity index (χ1n) is 5.92. The first kappa shape index (κ1) is 14.1. The van der Waals surface area contributed by atoms with Gasteiger partial charge in [0, 0.05) is 30.2 Å². The van der Waals surface area contributed by atoms with Crippen molar-refractivity contribution in [2.45, 2.75) is 39.3 Å². The van der Waals surface area contributed by atoms with Crippen LogP contribution in [0, 0.1) is 0 Å². The molecule has 0 aliphatic rings. The minimum atomic E-state index is -0.0398. The number of rotatable bonds is 6. The number of nitrogens with zero attached hydrogens (tertiary/aromatic N) is 2. The van der Waals surface area contributed by atoms with Crippen molar-refractivity contribution in [1.82, 2.24) is 9.55 Å². The van der Waals surface area contributed by atoms with E-state index in [4.69, 9.17) is 0 Å². The Morgan fingerprint density at radius 3 is 2.76 bits per heavy atom. The molecule has 0 saturated carbocycles. The van der Waals surface area contributed by atoms with Crippen LogP contribution in [0.5, 0.6) is 0 Å². The van der Waals surface area contributed by atoms with E-state index in [1.54, 1.807) is 28.7 Å². The molecule has 96 valence electrons.